The minimum atomic E-state index is -0.0370. The van der Waals surface area contributed by atoms with Crippen LogP contribution >= 0.6 is 0 Å². The Bertz CT molecular complexity index is 129. The predicted octanol–water partition coefficient (Wildman–Crippen LogP) is -0.444. The summed E-state index contributed by atoms with van der Waals surface area (Å²) in [5.41, 5.74) is 4.96. The first kappa shape index (κ1) is 3.23. The summed E-state index contributed by atoms with van der Waals surface area (Å²) in [4.78, 5) is 0. The van der Waals surface area contributed by atoms with E-state index in [4.69, 9.17) is 11.1 Å². The summed E-state index contributed by atoms with van der Waals surface area (Å²) in [7, 11) is 0. The lowest BCUT2D eigenvalue weighted by molar-refractivity contribution is 1.25. The average molecular weight is 80.1 g/mol. The molecule has 0 aromatic carbocycles. The maximum Gasteiger partial charge on any atom is 0.137 e. The van der Waals surface area contributed by atoms with Crippen molar-refractivity contribution in [3.8, 4) is 11.8 Å². The van der Waals surface area contributed by atoms with Crippen LogP contribution in [0.25, 0.3) is 0 Å². The van der Waals surface area contributed by atoms with Crippen LogP contribution in [0.15, 0.2) is 0 Å². The third-order valence-corrected chi connectivity index (χ3v) is 0.600. The van der Waals surface area contributed by atoms with Crippen molar-refractivity contribution in [1.29, 1.82) is 5.41 Å². The average Bonchev–Trinajstić information content (AvgIpc) is 2.06. The van der Waals surface area contributed by atoms with E-state index >= 15 is 0 Å². The Morgan fingerprint density at radius 2 is 2.17 bits per heavy atom. The van der Waals surface area contributed by atoms with Gasteiger partial charge in [0.1, 0.15) is 11.8 Å². The maximum absolute atomic E-state index is 6.66. The SMILES string of the molecule is N=C(N)C1C#C1. The Kier molecular flexibility index (Phi) is 0.403. The monoisotopic (exact) mass is 80.0 g/mol. The summed E-state index contributed by atoms with van der Waals surface area (Å²) in [6.07, 6.45) is 0. The number of hydrogen-bond donors (Lipinski definition) is 2. The van der Waals surface area contributed by atoms with Gasteiger partial charge in [0.15, 0.2) is 0 Å². The molecule has 3 N–H and O–H groups in total. The molecule has 0 radical (unpaired) electrons. The molecule has 30 valence electrons. The summed E-state index contributed by atoms with van der Waals surface area (Å²) in [6, 6.07) is 0. The molecule has 0 bridgehead atoms. The molecule has 1 rings (SSSR count). The summed E-state index contributed by atoms with van der Waals surface area (Å²) in [5, 5.41) is 6.66. The standard InChI is InChI=1S/C4H4N2/c5-4(6)3-1-2-3/h3H,(H3,5,6). The Morgan fingerprint density at radius 3 is 2.17 bits per heavy atom. The zero-order chi connectivity index (χ0) is 4.57. The highest BCUT2D eigenvalue weighted by Gasteiger charge is 2.11. The largest absolute Gasteiger partial charge is 0.386 e. The first-order valence-electron chi connectivity index (χ1n) is 1.65. The fraction of sp³-hybridized carbons (Fsp3) is 0.250. The molecule has 0 spiro atoms. The highest BCUT2D eigenvalue weighted by Crippen LogP contribution is 2.00. The van der Waals surface area contributed by atoms with E-state index in [1.165, 1.54) is 0 Å². The molecule has 1 aliphatic carbocycles. The Morgan fingerprint density at radius 1 is 1.67 bits per heavy atom. The Balaban J connectivity index is 2.36. The van der Waals surface area contributed by atoms with Gasteiger partial charge in [-0.05, 0) is 0 Å². The topological polar surface area (TPSA) is 49.9 Å². The first-order chi connectivity index (χ1) is 2.80. The van der Waals surface area contributed by atoms with Gasteiger partial charge < -0.3 is 5.73 Å². The molecule has 2 heteroatoms. The first-order valence-corrected chi connectivity index (χ1v) is 1.65. The summed E-state index contributed by atoms with van der Waals surface area (Å²) in [5.74, 6) is 5.38. The smallest absolute Gasteiger partial charge is 0.137 e. The van der Waals surface area contributed by atoms with Crippen molar-refractivity contribution in [2.75, 3.05) is 0 Å². The minimum absolute atomic E-state index is 0.0370. The van der Waals surface area contributed by atoms with Crippen LogP contribution in [0.4, 0.5) is 0 Å². The van der Waals surface area contributed by atoms with Crippen LogP contribution in [0, 0.1) is 23.2 Å². The van der Waals surface area contributed by atoms with Crippen molar-refractivity contribution in [1.82, 2.24) is 0 Å². The second-order valence-electron chi connectivity index (χ2n) is 1.18. The number of hydrogen-bond acceptors (Lipinski definition) is 1. The van der Waals surface area contributed by atoms with Crippen molar-refractivity contribution in [2.45, 2.75) is 0 Å². The van der Waals surface area contributed by atoms with Gasteiger partial charge in [-0.1, -0.05) is 11.8 Å². The zero-order valence-corrected chi connectivity index (χ0v) is 3.15. The van der Waals surface area contributed by atoms with E-state index in [0.717, 1.165) is 0 Å². The van der Waals surface area contributed by atoms with E-state index < -0.39 is 0 Å². The lowest BCUT2D eigenvalue weighted by atomic mass is 10.3. The highest BCUT2D eigenvalue weighted by atomic mass is 14.7. The molecule has 0 fully saturated rings. The normalized spacial score (nSPS) is 15.3. The van der Waals surface area contributed by atoms with Gasteiger partial charge in [-0.25, -0.2) is 0 Å². The van der Waals surface area contributed by atoms with Crippen LogP contribution < -0.4 is 5.73 Å². The Hall–Kier alpha value is -0.970. The van der Waals surface area contributed by atoms with E-state index in [9.17, 15) is 0 Å². The molecule has 0 aromatic heterocycles. The zero-order valence-electron chi connectivity index (χ0n) is 3.15. The summed E-state index contributed by atoms with van der Waals surface area (Å²) >= 11 is 0. The third kappa shape index (κ3) is 0.343. The summed E-state index contributed by atoms with van der Waals surface area (Å²) in [6.45, 7) is 0. The van der Waals surface area contributed by atoms with Crippen LogP contribution in [0.3, 0.4) is 0 Å². The van der Waals surface area contributed by atoms with Gasteiger partial charge >= 0.3 is 0 Å². The molecule has 0 aromatic rings. The van der Waals surface area contributed by atoms with E-state index in [-0.39, 0.29) is 11.8 Å². The van der Waals surface area contributed by atoms with Gasteiger partial charge in [0.05, 0.1) is 0 Å². The number of nitrogens with two attached hydrogens (primary N) is 1. The molecule has 0 atom stereocenters. The Labute approximate surface area is 35.9 Å². The molecular weight excluding hydrogens is 76.1 g/mol. The van der Waals surface area contributed by atoms with Crippen molar-refractivity contribution in [3.05, 3.63) is 0 Å². The molecule has 1 aliphatic rings. The van der Waals surface area contributed by atoms with Crippen LogP contribution in [-0.4, -0.2) is 5.84 Å². The van der Waals surface area contributed by atoms with Crippen molar-refractivity contribution in [2.24, 2.45) is 11.7 Å². The van der Waals surface area contributed by atoms with Crippen LogP contribution in [-0.2, 0) is 0 Å². The second-order valence-corrected chi connectivity index (χ2v) is 1.18. The van der Waals surface area contributed by atoms with Crippen LogP contribution in [0.1, 0.15) is 0 Å². The molecule has 6 heavy (non-hydrogen) atoms. The van der Waals surface area contributed by atoms with E-state index in [1.54, 1.807) is 0 Å². The van der Waals surface area contributed by atoms with Gasteiger partial charge in [0, 0.05) is 0 Å². The van der Waals surface area contributed by atoms with E-state index in [1.807, 2.05) is 0 Å². The summed E-state index contributed by atoms with van der Waals surface area (Å²) < 4.78 is 0. The van der Waals surface area contributed by atoms with Crippen LogP contribution in [0.2, 0.25) is 0 Å². The fourth-order valence-corrected chi connectivity index (χ4v) is 0.197. The van der Waals surface area contributed by atoms with Gasteiger partial charge in [-0.3, -0.25) is 5.41 Å². The minimum Gasteiger partial charge on any atom is -0.386 e. The molecule has 2 nitrogen and oxygen atoms in total. The van der Waals surface area contributed by atoms with E-state index in [2.05, 4.69) is 11.8 Å². The lowest BCUT2D eigenvalue weighted by Gasteiger charge is -1.82. The van der Waals surface area contributed by atoms with Crippen LogP contribution in [0.5, 0.6) is 0 Å². The van der Waals surface area contributed by atoms with Gasteiger partial charge in [-0.2, -0.15) is 0 Å². The van der Waals surface area contributed by atoms with Crippen molar-refractivity contribution >= 4 is 5.84 Å². The second kappa shape index (κ2) is 0.749. The molecule has 0 amide bonds. The van der Waals surface area contributed by atoms with Crippen molar-refractivity contribution < 1.29 is 0 Å². The fourth-order valence-electron chi connectivity index (χ4n) is 0.197. The molecular formula is C4H4N2. The predicted molar refractivity (Wildman–Crippen MR) is 23.2 cm³/mol. The number of nitrogens with one attached hydrogen (secondary N) is 1. The highest BCUT2D eigenvalue weighted by molar-refractivity contribution is 5.89. The molecule has 0 heterocycles. The lowest BCUT2D eigenvalue weighted by Crippen LogP contribution is -2.13. The molecule has 0 aliphatic heterocycles. The molecule has 0 unspecified atom stereocenters. The third-order valence-electron chi connectivity index (χ3n) is 0.600. The van der Waals surface area contributed by atoms with Gasteiger partial charge in [0.25, 0.3) is 0 Å². The van der Waals surface area contributed by atoms with Gasteiger partial charge in [-0.15, -0.1) is 0 Å². The maximum atomic E-state index is 6.66. The van der Waals surface area contributed by atoms with Crippen molar-refractivity contribution in [3.63, 3.8) is 0 Å². The molecule has 0 saturated carbocycles. The van der Waals surface area contributed by atoms with E-state index in [0.29, 0.717) is 0 Å². The quantitative estimate of drug-likeness (QED) is 0.250. The number of amidine groups is 1. The molecule has 0 saturated heterocycles. The van der Waals surface area contributed by atoms with Gasteiger partial charge in [0.2, 0.25) is 0 Å². The number of rotatable bonds is 1.